The predicted molar refractivity (Wildman–Crippen MR) is 171 cm³/mol. The van der Waals surface area contributed by atoms with Crippen LogP contribution in [0.25, 0.3) is 21.9 Å². The molecule has 3 heterocycles. The molecular weight excluding hydrogens is 631 g/mol. The normalized spacial score (nSPS) is 25.2. The maximum absolute atomic E-state index is 14.4. The molecule has 2 aromatic carbocycles. The highest BCUT2D eigenvalue weighted by Crippen LogP contribution is 2.49. The van der Waals surface area contributed by atoms with Crippen molar-refractivity contribution in [3.8, 4) is 11.6 Å². The van der Waals surface area contributed by atoms with Gasteiger partial charge in [-0.2, -0.15) is 15.1 Å². The number of anilines is 1. The molecule has 0 radical (unpaired) electrons. The molecule has 0 spiro atoms. The van der Waals surface area contributed by atoms with Crippen LogP contribution in [0.3, 0.4) is 0 Å². The van der Waals surface area contributed by atoms with Crippen LogP contribution in [0.2, 0.25) is 0 Å². The molecule has 4 aromatic rings. The number of nitrogens with one attached hydrogen (secondary N) is 1. The molecule has 2 aliphatic rings. The fraction of sp³-hybridized carbons (Fsp3) is 0.484. The van der Waals surface area contributed by atoms with E-state index >= 15 is 0 Å². The third kappa shape index (κ3) is 6.51. The molecule has 2 fully saturated rings. The summed E-state index contributed by atoms with van der Waals surface area (Å²) in [5.41, 5.74) is 4.50. The van der Waals surface area contributed by atoms with Crippen molar-refractivity contribution in [2.75, 3.05) is 19.5 Å². The third-order valence-electron chi connectivity index (χ3n) is 8.55. The number of esters is 1. The molecular formula is C31H39N6O9P. The number of nitrogen functional groups attached to an aromatic ring is 1. The van der Waals surface area contributed by atoms with E-state index in [2.05, 4.69) is 20.0 Å². The number of carbonyl (C=O) groups is 1. The maximum Gasteiger partial charge on any atom is 0.459 e. The lowest BCUT2D eigenvalue weighted by molar-refractivity contribution is -0.150. The van der Waals surface area contributed by atoms with E-state index in [1.54, 1.807) is 19.1 Å². The molecule has 1 aliphatic carbocycles. The van der Waals surface area contributed by atoms with Gasteiger partial charge < -0.3 is 34.7 Å². The van der Waals surface area contributed by atoms with Crippen LogP contribution >= 0.6 is 7.75 Å². The van der Waals surface area contributed by atoms with Gasteiger partial charge in [-0.05, 0) is 57.9 Å². The van der Waals surface area contributed by atoms with E-state index in [1.165, 1.54) is 25.5 Å². The second-order valence-corrected chi connectivity index (χ2v) is 13.7. The number of ether oxygens (including phenoxy) is 3. The van der Waals surface area contributed by atoms with Crippen LogP contribution in [0.1, 0.15) is 51.6 Å². The summed E-state index contributed by atoms with van der Waals surface area (Å²) in [6, 6.07) is 11.6. The molecule has 6 atom stereocenters. The topological polar surface area (TPSA) is 202 Å². The van der Waals surface area contributed by atoms with Gasteiger partial charge in [0.15, 0.2) is 17.4 Å². The summed E-state index contributed by atoms with van der Waals surface area (Å²) in [5, 5.41) is 27.0. The summed E-state index contributed by atoms with van der Waals surface area (Å²) in [7, 11) is -2.95. The minimum atomic E-state index is -4.36. The number of methoxy groups -OCH3 is 1. The van der Waals surface area contributed by atoms with E-state index in [0.717, 1.165) is 31.1 Å². The number of hydrogen-bond donors (Lipinski definition) is 4. The van der Waals surface area contributed by atoms with Gasteiger partial charge in [0.1, 0.15) is 41.5 Å². The Kier molecular flexibility index (Phi) is 9.13. The molecule has 1 saturated heterocycles. The van der Waals surface area contributed by atoms with Gasteiger partial charge >= 0.3 is 13.7 Å². The lowest BCUT2D eigenvalue weighted by Crippen LogP contribution is -2.45. The third-order valence-corrected chi connectivity index (χ3v) is 10.2. The van der Waals surface area contributed by atoms with Crippen molar-refractivity contribution in [3.05, 3.63) is 48.3 Å². The zero-order chi connectivity index (χ0) is 33.5. The maximum atomic E-state index is 14.4. The largest absolute Gasteiger partial charge is 0.479 e. The van der Waals surface area contributed by atoms with Gasteiger partial charge in [0.25, 0.3) is 0 Å². The molecule has 1 aliphatic heterocycles. The molecule has 252 valence electrons. The fourth-order valence-electron chi connectivity index (χ4n) is 6.08. The average Bonchev–Trinajstić information content (AvgIpc) is 3.72. The zero-order valence-corrected chi connectivity index (χ0v) is 27.4. The van der Waals surface area contributed by atoms with E-state index in [-0.39, 0.29) is 34.8 Å². The number of fused-ring (bicyclic) bond motifs is 2. The number of rotatable bonds is 11. The van der Waals surface area contributed by atoms with Crippen molar-refractivity contribution in [1.82, 2.24) is 24.6 Å². The van der Waals surface area contributed by atoms with E-state index in [0.29, 0.717) is 11.2 Å². The SMILES string of the molecule is COc1nc(N)nc2c1nc(C)n2C1OC(COP(=O)(NC(C)C(=O)OC2CCCC2)Oc2cccc3ccccc23)C(O)C1(C)O. The Hall–Kier alpha value is -3.85. The predicted octanol–water partition coefficient (Wildman–Crippen LogP) is 3.56. The molecule has 6 rings (SSSR count). The smallest absolute Gasteiger partial charge is 0.459 e. The number of aliphatic hydroxyl groups excluding tert-OH is 1. The number of aliphatic hydroxyl groups is 2. The molecule has 5 N–H and O–H groups in total. The molecule has 0 bridgehead atoms. The number of aromatic nitrogens is 4. The second kappa shape index (κ2) is 13.0. The van der Waals surface area contributed by atoms with Crippen molar-refractivity contribution < 1.29 is 42.8 Å². The van der Waals surface area contributed by atoms with E-state index in [1.807, 2.05) is 30.3 Å². The minimum absolute atomic E-state index is 0.0910. The monoisotopic (exact) mass is 670 g/mol. The van der Waals surface area contributed by atoms with Crippen molar-refractivity contribution in [1.29, 1.82) is 0 Å². The number of hydrogen-bond acceptors (Lipinski definition) is 13. The summed E-state index contributed by atoms with van der Waals surface area (Å²) in [5.74, 6) is 0.0668. The van der Waals surface area contributed by atoms with Gasteiger partial charge in [0.05, 0.1) is 13.7 Å². The standard InChI is InChI=1S/C31H39N6O9P/c1-17(28(39)44-20-12-6-7-13-20)36-47(41,46-22-15-9-11-19-10-5-8-14-21(19)22)43-16-23-25(38)31(3,40)29(45-23)37-18(2)33-24-26(37)34-30(32)35-27(24)42-4/h5,8-11,14-15,17,20,23,25,29,38,40H,6-7,12-13,16H2,1-4H3,(H,36,41)(H2,32,34,35). The van der Waals surface area contributed by atoms with E-state index in [9.17, 15) is 19.6 Å². The number of imidazole rings is 1. The van der Waals surface area contributed by atoms with Crippen LogP contribution in [0.15, 0.2) is 42.5 Å². The van der Waals surface area contributed by atoms with Gasteiger partial charge in [-0.1, -0.05) is 36.4 Å². The van der Waals surface area contributed by atoms with Gasteiger partial charge in [0, 0.05) is 5.39 Å². The highest BCUT2D eigenvalue weighted by Gasteiger charge is 2.54. The van der Waals surface area contributed by atoms with Gasteiger partial charge in [0.2, 0.25) is 11.8 Å². The fourth-order valence-corrected chi connectivity index (χ4v) is 7.60. The van der Waals surface area contributed by atoms with Crippen molar-refractivity contribution in [2.45, 2.75) is 82.6 Å². The van der Waals surface area contributed by atoms with Crippen LogP contribution in [-0.4, -0.2) is 79.4 Å². The summed E-state index contributed by atoms with van der Waals surface area (Å²) in [6.07, 6.45) is -0.661. The quantitative estimate of drug-likeness (QED) is 0.133. The summed E-state index contributed by atoms with van der Waals surface area (Å²) in [4.78, 5) is 25.8. The Labute approximate surface area is 270 Å². The first kappa shape index (κ1) is 33.1. The van der Waals surface area contributed by atoms with Crippen molar-refractivity contribution in [3.63, 3.8) is 0 Å². The van der Waals surface area contributed by atoms with Crippen LogP contribution in [-0.2, 0) is 23.4 Å². The van der Waals surface area contributed by atoms with Gasteiger partial charge in [-0.25, -0.2) is 9.55 Å². The number of nitrogens with zero attached hydrogens (tertiary/aromatic N) is 4. The van der Waals surface area contributed by atoms with Crippen LogP contribution in [0.5, 0.6) is 11.6 Å². The highest BCUT2D eigenvalue weighted by molar-refractivity contribution is 7.52. The Balaban J connectivity index is 1.27. The number of nitrogens with two attached hydrogens (primary N) is 1. The Morgan fingerprint density at radius 1 is 1.19 bits per heavy atom. The first-order valence-corrected chi connectivity index (χ1v) is 17.0. The molecule has 0 amide bonds. The van der Waals surface area contributed by atoms with Crippen molar-refractivity contribution in [2.24, 2.45) is 0 Å². The lowest BCUT2D eigenvalue weighted by Gasteiger charge is -2.28. The summed E-state index contributed by atoms with van der Waals surface area (Å²) >= 11 is 0. The first-order chi connectivity index (χ1) is 22.4. The highest BCUT2D eigenvalue weighted by atomic mass is 31.2. The average molecular weight is 671 g/mol. The van der Waals surface area contributed by atoms with E-state index < -0.39 is 50.4 Å². The van der Waals surface area contributed by atoms with Crippen LogP contribution in [0.4, 0.5) is 5.95 Å². The second-order valence-electron chi connectivity index (χ2n) is 12.0. The zero-order valence-electron chi connectivity index (χ0n) is 26.5. The molecule has 15 nitrogen and oxygen atoms in total. The molecule has 1 saturated carbocycles. The number of aryl methyl sites for hydroxylation is 1. The minimum Gasteiger partial charge on any atom is -0.479 e. The number of benzene rings is 2. The Bertz CT molecular complexity index is 1820. The Morgan fingerprint density at radius 2 is 1.91 bits per heavy atom. The summed E-state index contributed by atoms with van der Waals surface area (Å²) in [6.45, 7) is 4.06. The van der Waals surface area contributed by atoms with Crippen LogP contribution < -0.4 is 20.1 Å². The first-order valence-electron chi connectivity index (χ1n) is 15.4. The molecule has 2 aromatic heterocycles. The molecule has 16 heteroatoms. The van der Waals surface area contributed by atoms with Crippen molar-refractivity contribution >= 4 is 41.6 Å². The van der Waals surface area contributed by atoms with Gasteiger partial charge in [-0.15, -0.1) is 0 Å². The summed E-state index contributed by atoms with van der Waals surface area (Å²) < 4.78 is 44.9. The Morgan fingerprint density at radius 3 is 2.66 bits per heavy atom. The van der Waals surface area contributed by atoms with E-state index in [4.69, 9.17) is 29.0 Å². The lowest BCUT2D eigenvalue weighted by atomic mass is 9.96. The van der Waals surface area contributed by atoms with Gasteiger partial charge in [-0.3, -0.25) is 13.9 Å². The number of carbonyl (C=O) groups excluding carboxylic acids is 1. The molecule has 6 unspecified atom stereocenters. The van der Waals surface area contributed by atoms with Crippen LogP contribution in [0, 0.1) is 6.92 Å². The molecule has 47 heavy (non-hydrogen) atoms.